The van der Waals surface area contributed by atoms with Gasteiger partial charge in [-0.1, -0.05) is 28.8 Å². The Morgan fingerprint density at radius 3 is 2.74 bits per heavy atom. The number of carbonyl (C=O) groups excluding carboxylic acids is 1. The van der Waals surface area contributed by atoms with Crippen molar-refractivity contribution in [2.75, 3.05) is 25.7 Å². The fourth-order valence-electron chi connectivity index (χ4n) is 1.65. The van der Waals surface area contributed by atoms with Crippen molar-refractivity contribution in [1.29, 1.82) is 0 Å². The van der Waals surface area contributed by atoms with Crippen LogP contribution in [0, 0.1) is 0 Å². The number of esters is 1. The molecule has 0 amide bonds. The van der Waals surface area contributed by atoms with Gasteiger partial charge in [-0.15, -0.1) is 11.3 Å². The van der Waals surface area contributed by atoms with Crippen molar-refractivity contribution in [1.82, 2.24) is 0 Å². The summed E-state index contributed by atoms with van der Waals surface area (Å²) in [6, 6.07) is 3.78. The minimum atomic E-state index is -0.260. The quantitative estimate of drug-likeness (QED) is 0.363. The minimum absolute atomic E-state index is 0.260. The second kappa shape index (κ2) is 10.4. The largest absolute Gasteiger partial charge is 0.465 e. The molecule has 1 heterocycles. The van der Waals surface area contributed by atoms with Crippen LogP contribution >= 0.6 is 27.3 Å². The molecule has 5 heteroatoms. The zero-order valence-electron chi connectivity index (χ0n) is 11.3. The summed E-state index contributed by atoms with van der Waals surface area (Å²) in [6.07, 6.45) is 5.73. The van der Waals surface area contributed by atoms with E-state index < -0.39 is 0 Å². The maximum Gasteiger partial charge on any atom is 0.348 e. The summed E-state index contributed by atoms with van der Waals surface area (Å²) in [4.78, 5) is 13.1. The van der Waals surface area contributed by atoms with Crippen LogP contribution in [0.25, 0.3) is 0 Å². The maximum absolute atomic E-state index is 11.3. The standard InChI is InChI=1S/C14H21BrO3S/c1-17-14(16)13-7-6-12(19-13)8-11-18-10-5-3-2-4-9-15/h6-7H,2-5,8-11H2,1H3. The van der Waals surface area contributed by atoms with Gasteiger partial charge in [0.05, 0.1) is 13.7 Å². The van der Waals surface area contributed by atoms with Gasteiger partial charge in [-0.25, -0.2) is 4.79 Å². The molecule has 1 aromatic rings. The van der Waals surface area contributed by atoms with E-state index >= 15 is 0 Å². The first kappa shape index (κ1) is 16.7. The van der Waals surface area contributed by atoms with Gasteiger partial charge >= 0.3 is 5.97 Å². The highest BCUT2D eigenvalue weighted by Gasteiger charge is 2.08. The number of hydrogen-bond acceptors (Lipinski definition) is 4. The Labute approximate surface area is 127 Å². The summed E-state index contributed by atoms with van der Waals surface area (Å²) in [5.41, 5.74) is 0. The average molecular weight is 349 g/mol. The van der Waals surface area contributed by atoms with Crippen LogP contribution in [0.3, 0.4) is 0 Å². The van der Waals surface area contributed by atoms with Crippen LogP contribution in [0.1, 0.15) is 40.2 Å². The van der Waals surface area contributed by atoms with Crippen molar-refractivity contribution in [3.63, 3.8) is 0 Å². The van der Waals surface area contributed by atoms with Crippen LogP contribution in [-0.4, -0.2) is 31.6 Å². The van der Waals surface area contributed by atoms with Gasteiger partial charge in [-0.3, -0.25) is 0 Å². The number of hydrogen-bond donors (Lipinski definition) is 0. The van der Waals surface area contributed by atoms with Gasteiger partial charge in [-0.05, 0) is 25.0 Å². The smallest absolute Gasteiger partial charge is 0.348 e. The van der Waals surface area contributed by atoms with E-state index in [1.807, 2.05) is 12.1 Å². The number of halogens is 1. The molecule has 0 aliphatic rings. The van der Waals surface area contributed by atoms with Gasteiger partial charge in [0.2, 0.25) is 0 Å². The summed E-state index contributed by atoms with van der Waals surface area (Å²) in [5.74, 6) is -0.260. The van der Waals surface area contributed by atoms with E-state index in [4.69, 9.17) is 4.74 Å². The molecule has 0 aliphatic carbocycles. The fraction of sp³-hybridized carbons (Fsp3) is 0.643. The molecule has 0 aromatic carbocycles. The lowest BCUT2D eigenvalue weighted by Crippen LogP contribution is -1.99. The van der Waals surface area contributed by atoms with Crippen molar-refractivity contribution in [2.24, 2.45) is 0 Å². The van der Waals surface area contributed by atoms with Gasteiger partial charge in [0.15, 0.2) is 0 Å². The molecule has 108 valence electrons. The monoisotopic (exact) mass is 348 g/mol. The van der Waals surface area contributed by atoms with Gasteiger partial charge in [-0.2, -0.15) is 0 Å². The molecule has 3 nitrogen and oxygen atoms in total. The first-order valence-electron chi connectivity index (χ1n) is 6.58. The molecular formula is C14H21BrO3S. The number of methoxy groups -OCH3 is 1. The highest BCUT2D eigenvalue weighted by molar-refractivity contribution is 9.09. The van der Waals surface area contributed by atoms with E-state index in [-0.39, 0.29) is 5.97 Å². The summed E-state index contributed by atoms with van der Waals surface area (Å²) < 4.78 is 10.3. The van der Waals surface area contributed by atoms with Gasteiger partial charge in [0.25, 0.3) is 0 Å². The zero-order chi connectivity index (χ0) is 13.9. The topological polar surface area (TPSA) is 35.5 Å². The highest BCUT2D eigenvalue weighted by Crippen LogP contribution is 2.17. The van der Waals surface area contributed by atoms with Crippen LogP contribution < -0.4 is 0 Å². The molecule has 1 aromatic heterocycles. The molecule has 1 rings (SSSR count). The first-order valence-corrected chi connectivity index (χ1v) is 8.52. The number of rotatable bonds is 10. The second-order valence-corrected chi connectivity index (χ2v) is 6.18. The molecule has 0 spiro atoms. The van der Waals surface area contributed by atoms with E-state index in [9.17, 15) is 4.79 Å². The van der Waals surface area contributed by atoms with Crippen molar-refractivity contribution in [3.8, 4) is 0 Å². The molecule has 0 unspecified atom stereocenters. The molecular weight excluding hydrogens is 328 g/mol. The SMILES string of the molecule is COC(=O)c1ccc(CCOCCCCCCBr)s1. The number of carbonyl (C=O) groups is 1. The highest BCUT2D eigenvalue weighted by atomic mass is 79.9. The van der Waals surface area contributed by atoms with E-state index in [0.717, 1.165) is 31.4 Å². The normalized spacial score (nSPS) is 10.6. The van der Waals surface area contributed by atoms with Gasteiger partial charge < -0.3 is 9.47 Å². The molecule has 0 radical (unpaired) electrons. The predicted molar refractivity (Wildman–Crippen MR) is 82.4 cm³/mol. The van der Waals surface area contributed by atoms with Crippen molar-refractivity contribution >= 4 is 33.2 Å². The summed E-state index contributed by atoms with van der Waals surface area (Å²) in [5, 5.41) is 1.09. The third-order valence-corrected chi connectivity index (χ3v) is 4.40. The molecule has 0 saturated carbocycles. The van der Waals surface area contributed by atoms with Crippen LogP contribution in [0.5, 0.6) is 0 Å². The number of alkyl halides is 1. The maximum atomic E-state index is 11.3. The van der Waals surface area contributed by atoms with Crippen LogP contribution in [0.2, 0.25) is 0 Å². The Morgan fingerprint density at radius 2 is 2.00 bits per heavy atom. The second-order valence-electron chi connectivity index (χ2n) is 4.22. The third-order valence-electron chi connectivity index (χ3n) is 2.71. The molecule has 0 fully saturated rings. The Balaban J connectivity index is 2.06. The number of ether oxygens (including phenoxy) is 2. The molecule has 0 bridgehead atoms. The number of unbranched alkanes of at least 4 members (excludes halogenated alkanes) is 3. The van der Waals surface area contributed by atoms with Crippen LogP contribution in [0.15, 0.2) is 12.1 Å². The first-order chi connectivity index (χ1) is 9.27. The lowest BCUT2D eigenvalue weighted by molar-refractivity contribution is 0.0606. The predicted octanol–water partition coefficient (Wildman–Crippen LogP) is 4.05. The Morgan fingerprint density at radius 1 is 1.21 bits per heavy atom. The Kier molecular flexibility index (Phi) is 9.12. The van der Waals surface area contributed by atoms with E-state index in [2.05, 4.69) is 20.7 Å². The zero-order valence-corrected chi connectivity index (χ0v) is 13.7. The van der Waals surface area contributed by atoms with Crippen LogP contribution in [-0.2, 0) is 15.9 Å². The Bertz CT molecular complexity index is 365. The van der Waals surface area contributed by atoms with Gasteiger partial charge in [0.1, 0.15) is 4.88 Å². The summed E-state index contributed by atoms with van der Waals surface area (Å²) >= 11 is 4.90. The molecule has 0 N–H and O–H groups in total. The van der Waals surface area contributed by atoms with E-state index in [1.165, 1.54) is 42.6 Å². The lowest BCUT2D eigenvalue weighted by Gasteiger charge is -2.02. The molecule has 19 heavy (non-hydrogen) atoms. The van der Waals surface area contributed by atoms with Crippen molar-refractivity contribution in [2.45, 2.75) is 32.1 Å². The van der Waals surface area contributed by atoms with Gasteiger partial charge in [0, 0.05) is 23.2 Å². The molecule has 0 saturated heterocycles. The van der Waals surface area contributed by atoms with Crippen molar-refractivity contribution < 1.29 is 14.3 Å². The summed E-state index contributed by atoms with van der Waals surface area (Å²) in [6.45, 7) is 1.55. The lowest BCUT2D eigenvalue weighted by atomic mass is 10.2. The Hall–Kier alpha value is -0.390. The number of thiophene rings is 1. The summed E-state index contributed by atoms with van der Waals surface area (Å²) in [7, 11) is 1.40. The van der Waals surface area contributed by atoms with Crippen molar-refractivity contribution in [3.05, 3.63) is 21.9 Å². The van der Waals surface area contributed by atoms with Crippen LogP contribution in [0.4, 0.5) is 0 Å². The molecule has 0 atom stereocenters. The average Bonchev–Trinajstić information content (AvgIpc) is 2.89. The fourth-order valence-corrected chi connectivity index (χ4v) is 2.95. The minimum Gasteiger partial charge on any atom is -0.465 e. The van der Waals surface area contributed by atoms with E-state index in [1.54, 1.807) is 0 Å². The molecule has 0 aliphatic heterocycles. The van der Waals surface area contributed by atoms with E-state index in [0.29, 0.717) is 4.88 Å². The third kappa shape index (κ3) is 7.09.